The number of hydrogen-bond acceptors (Lipinski definition) is 5. The molecule has 0 saturated carbocycles. The maximum Gasteiger partial charge on any atom is 0.270 e. The topological polar surface area (TPSA) is 88.2 Å². The van der Waals surface area contributed by atoms with Crippen LogP contribution in [-0.4, -0.2) is 27.8 Å². The lowest BCUT2D eigenvalue weighted by molar-refractivity contribution is 0.0945. The lowest BCUT2D eigenvalue weighted by atomic mass is 10.2. The van der Waals surface area contributed by atoms with E-state index in [9.17, 15) is 4.79 Å². The summed E-state index contributed by atoms with van der Waals surface area (Å²) in [6.07, 6.45) is 3.38. The molecule has 0 atom stereocenters. The number of amides is 1. The predicted molar refractivity (Wildman–Crippen MR) is 70.5 cm³/mol. The van der Waals surface area contributed by atoms with Gasteiger partial charge in [-0.3, -0.25) is 4.79 Å². The van der Waals surface area contributed by atoms with Crippen molar-refractivity contribution in [1.82, 2.24) is 15.5 Å². The van der Waals surface area contributed by atoms with Crippen molar-refractivity contribution in [2.24, 2.45) is 0 Å². The van der Waals surface area contributed by atoms with Gasteiger partial charge in [-0.2, -0.15) is 0 Å². The Morgan fingerprint density at radius 3 is 2.95 bits per heavy atom. The average Bonchev–Trinajstić information content (AvgIpc) is 2.99. The Morgan fingerprint density at radius 1 is 1.40 bits per heavy atom. The number of aliphatic hydroxyl groups is 1. The largest absolute Gasteiger partial charge is 0.395 e. The fraction of sp³-hybridized carbons (Fsp3) is 0.214. The van der Waals surface area contributed by atoms with Crippen LogP contribution >= 0.6 is 0 Å². The second kappa shape index (κ2) is 7.07. The number of rotatable bonds is 4. The fourth-order valence-corrected chi connectivity index (χ4v) is 1.41. The summed E-state index contributed by atoms with van der Waals surface area (Å²) in [6, 6.07) is 4.98. The van der Waals surface area contributed by atoms with Gasteiger partial charge in [-0.15, -0.1) is 0 Å². The van der Waals surface area contributed by atoms with E-state index in [0.29, 0.717) is 23.4 Å². The highest BCUT2D eigenvalue weighted by atomic mass is 16.5. The van der Waals surface area contributed by atoms with E-state index in [2.05, 4.69) is 31.8 Å². The van der Waals surface area contributed by atoms with Gasteiger partial charge in [0.25, 0.3) is 5.91 Å². The van der Waals surface area contributed by atoms with Crippen LogP contribution in [0.1, 0.15) is 28.2 Å². The van der Waals surface area contributed by atoms with Gasteiger partial charge < -0.3 is 14.9 Å². The molecule has 0 aliphatic rings. The SMILES string of the molecule is O=C(NCc1ccon1)c1ccc(C#CCCO)cn1. The first-order valence-electron chi connectivity index (χ1n) is 6.03. The van der Waals surface area contributed by atoms with Crippen molar-refractivity contribution in [2.45, 2.75) is 13.0 Å². The number of aromatic nitrogens is 2. The number of hydrogen-bond donors (Lipinski definition) is 2. The zero-order valence-corrected chi connectivity index (χ0v) is 10.7. The second-order valence-electron chi connectivity index (χ2n) is 3.88. The molecule has 0 aliphatic carbocycles. The molecule has 6 heteroatoms. The highest BCUT2D eigenvalue weighted by Crippen LogP contribution is 2.00. The van der Waals surface area contributed by atoms with Crippen LogP contribution in [0.25, 0.3) is 0 Å². The van der Waals surface area contributed by atoms with Crippen LogP contribution in [0.2, 0.25) is 0 Å². The van der Waals surface area contributed by atoms with Crippen LogP contribution in [-0.2, 0) is 6.54 Å². The van der Waals surface area contributed by atoms with Crippen molar-refractivity contribution in [3.05, 3.63) is 47.6 Å². The number of carbonyl (C=O) groups is 1. The van der Waals surface area contributed by atoms with Crippen LogP contribution < -0.4 is 5.32 Å². The first-order chi connectivity index (χ1) is 9.79. The number of pyridine rings is 1. The molecule has 0 saturated heterocycles. The van der Waals surface area contributed by atoms with E-state index >= 15 is 0 Å². The van der Waals surface area contributed by atoms with Gasteiger partial charge >= 0.3 is 0 Å². The summed E-state index contributed by atoms with van der Waals surface area (Å²) in [5, 5.41) is 15.0. The maximum absolute atomic E-state index is 11.8. The molecule has 102 valence electrons. The Morgan fingerprint density at radius 2 is 2.30 bits per heavy atom. The summed E-state index contributed by atoms with van der Waals surface area (Å²) in [5.41, 5.74) is 1.65. The molecule has 0 fully saturated rings. The standard InChI is InChI=1S/C14H13N3O3/c18-7-2-1-3-11-4-5-13(15-9-11)14(19)16-10-12-6-8-20-17-12/h4-6,8-9,18H,2,7,10H2,(H,16,19). The summed E-state index contributed by atoms with van der Waals surface area (Å²) in [4.78, 5) is 15.8. The van der Waals surface area contributed by atoms with Crippen molar-refractivity contribution < 1.29 is 14.4 Å². The lowest BCUT2D eigenvalue weighted by Gasteiger charge is -2.02. The second-order valence-corrected chi connectivity index (χ2v) is 3.88. The van der Waals surface area contributed by atoms with Crippen LogP contribution in [0.5, 0.6) is 0 Å². The van der Waals surface area contributed by atoms with Gasteiger partial charge in [0.15, 0.2) is 0 Å². The molecule has 0 unspecified atom stereocenters. The van der Waals surface area contributed by atoms with Gasteiger partial charge in [-0.05, 0) is 12.1 Å². The van der Waals surface area contributed by atoms with E-state index in [1.807, 2.05) is 0 Å². The van der Waals surface area contributed by atoms with E-state index in [1.54, 1.807) is 18.2 Å². The number of nitrogens with one attached hydrogen (secondary N) is 1. The molecule has 0 aromatic carbocycles. The van der Waals surface area contributed by atoms with Crippen LogP contribution in [0.4, 0.5) is 0 Å². The van der Waals surface area contributed by atoms with Crippen LogP contribution in [0.15, 0.2) is 35.2 Å². The van der Waals surface area contributed by atoms with E-state index in [4.69, 9.17) is 5.11 Å². The molecular formula is C14H13N3O3. The normalized spacial score (nSPS) is 9.65. The summed E-state index contributed by atoms with van der Waals surface area (Å²) < 4.78 is 4.67. The van der Waals surface area contributed by atoms with Crippen molar-refractivity contribution in [3.8, 4) is 11.8 Å². The third kappa shape index (κ3) is 3.93. The Hall–Kier alpha value is -2.65. The van der Waals surface area contributed by atoms with Crippen molar-refractivity contribution in [3.63, 3.8) is 0 Å². The minimum absolute atomic E-state index is 0.0307. The Bertz CT molecular complexity index is 609. The van der Waals surface area contributed by atoms with Crippen molar-refractivity contribution in [2.75, 3.05) is 6.61 Å². The molecule has 0 spiro atoms. The molecule has 2 aromatic rings. The minimum Gasteiger partial charge on any atom is -0.395 e. The molecule has 0 aliphatic heterocycles. The molecule has 2 N–H and O–H groups in total. The molecule has 2 aromatic heterocycles. The predicted octanol–water partition coefficient (Wildman–Crippen LogP) is 0.734. The monoisotopic (exact) mass is 271 g/mol. The summed E-state index contributed by atoms with van der Waals surface area (Å²) >= 11 is 0. The Kier molecular flexibility index (Phi) is 4.87. The zero-order valence-electron chi connectivity index (χ0n) is 10.7. The number of carbonyl (C=O) groups excluding carboxylic acids is 1. The van der Waals surface area contributed by atoms with E-state index < -0.39 is 0 Å². The Balaban J connectivity index is 1.92. The van der Waals surface area contributed by atoms with Crippen molar-refractivity contribution in [1.29, 1.82) is 0 Å². The quantitative estimate of drug-likeness (QED) is 0.800. The number of aliphatic hydroxyl groups excluding tert-OH is 1. The molecule has 0 radical (unpaired) electrons. The van der Waals surface area contributed by atoms with Gasteiger partial charge in [-0.1, -0.05) is 17.0 Å². The zero-order chi connectivity index (χ0) is 14.2. The first-order valence-corrected chi connectivity index (χ1v) is 6.03. The molecule has 2 rings (SSSR count). The van der Waals surface area contributed by atoms with Gasteiger partial charge in [-0.25, -0.2) is 4.98 Å². The summed E-state index contributed by atoms with van der Waals surface area (Å²) in [6.45, 7) is 0.317. The fourth-order valence-electron chi connectivity index (χ4n) is 1.41. The van der Waals surface area contributed by atoms with Crippen LogP contribution in [0.3, 0.4) is 0 Å². The van der Waals surface area contributed by atoms with Gasteiger partial charge in [0.05, 0.1) is 13.2 Å². The highest BCUT2D eigenvalue weighted by Gasteiger charge is 2.07. The minimum atomic E-state index is -0.289. The van der Waals surface area contributed by atoms with E-state index in [0.717, 1.165) is 0 Å². The first kappa shape index (κ1) is 13.8. The third-order valence-corrected chi connectivity index (χ3v) is 2.39. The maximum atomic E-state index is 11.8. The Labute approximate surface area is 115 Å². The van der Waals surface area contributed by atoms with Crippen molar-refractivity contribution >= 4 is 5.91 Å². The summed E-state index contributed by atoms with van der Waals surface area (Å²) in [7, 11) is 0. The number of nitrogens with zero attached hydrogens (tertiary/aromatic N) is 2. The molecule has 2 heterocycles. The van der Waals surface area contributed by atoms with Crippen LogP contribution in [0, 0.1) is 11.8 Å². The lowest BCUT2D eigenvalue weighted by Crippen LogP contribution is -2.23. The molecular weight excluding hydrogens is 258 g/mol. The van der Waals surface area contributed by atoms with Gasteiger partial charge in [0.1, 0.15) is 17.7 Å². The third-order valence-electron chi connectivity index (χ3n) is 2.39. The van der Waals surface area contributed by atoms with E-state index in [-0.39, 0.29) is 19.1 Å². The van der Waals surface area contributed by atoms with E-state index in [1.165, 1.54) is 12.5 Å². The average molecular weight is 271 g/mol. The van der Waals surface area contributed by atoms with Gasteiger partial charge in [0, 0.05) is 24.2 Å². The van der Waals surface area contributed by atoms with Gasteiger partial charge in [0.2, 0.25) is 0 Å². The molecule has 6 nitrogen and oxygen atoms in total. The highest BCUT2D eigenvalue weighted by molar-refractivity contribution is 5.92. The molecule has 1 amide bonds. The smallest absolute Gasteiger partial charge is 0.270 e. The molecule has 20 heavy (non-hydrogen) atoms. The molecule has 0 bridgehead atoms. The summed E-state index contributed by atoms with van der Waals surface area (Å²) in [5.74, 6) is 5.33.